The summed E-state index contributed by atoms with van der Waals surface area (Å²) in [4.78, 5) is 8.44. The predicted octanol–water partition coefficient (Wildman–Crippen LogP) is 6.10. The second-order valence-electron chi connectivity index (χ2n) is 8.24. The van der Waals surface area contributed by atoms with Crippen molar-refractivity contribution in [1.82, 2.24) is 30.1 Å². The van der Waals surface area contributed by atoms with E-state index in [0.29, 0.717) is 17.0 Å². The first-order valence-electron chi connectivity index (χ1n) is 11.0. The lowest BCUT2D eigenvalue weighted by molar-refractivity contribution is -0.137. The van der Waals surface area contributed by atoms with Gasteiger partial charge in [0.25, 0.3) is 0 Å². The fourth-order valence-corrected chi connectivity index (χ4v) is 3.95. The minimum atomic E-state index is -4.65. The summed E-state index contributed by atoms with van der Waals surface area (Å²) in [6.45, 7) is 0.0135. The average molecular weight is 524 g/mol. The summed E-state index contributed by atoms with van der Waals surface area (Å²) in [6.07, 6.45) is 0.794. The first kappa shape index (κ1) is 23.5. The van der Waals surface area contributed by atoms with E-state index in [4.69, 9.17) is 9.05 Å². The van der Waals surface area contributed by atoms with Crippen LogP contribution in [-0.4, -0.2) is 30.1 Å². The van der Waals surface area contributed by atoms with Gasteiger partial charge in [-0.3, -0.25) is 4.68 Å². The van der Waals surface area contributed by atoms with E-state index < -0.39 is 23.4 Å². The highest BCUT2D eigenvalue weighted by molar-refractivity contribution is 5.72. The minimum Gasteiger partial charge on any atom is -0.364 e. The molecule has 2 aliphatic rings. The SMILES string of the molecule is Fc1cccc(-c2nc3cnn(Cc4cc(-c5ccc(-c6cnoc6)cc5C(F)(F)F)no4)cc-3n2)c1F. The molecule has 38 heavy (non-hydrogen) atoms. The Morgan fingerprint density at radius 3 is 2.50 bits per heavy atom. The molecule has 0 bridgehead atoms. The third-order valence-corrected chi connectivity index (χ3v) is 5.75. The molecular weight excluding hydrogens is 511 g/mol. The maximum absolute atomic E-state index is 14.1. The summed E-state index contributed by atoms with van der Waals surface area (Å²) in [5.74, 6) is -1.87. The van der Waals surface area contributed by atoms with Crippen molar-refractivity contribution in [3.05, 3.63) is 90.3 Å². The van der Waals surface area contributed by atoms with Crippen molar-refractivity contribution < 1.29 is 31.0 Å². The fourth-order valence-electron chi connectivity index (χ4n) is 3.95. The smallest absolute Gasteiger partial charge is 0.364 e. The first-order chi connectivity index (χ1) is 18.3. The normalized spacial score (nSPS) is 11.9. The molecule has 2 aromatic carbocycles. The van der Waals surface area contributed by atoms with Crippen molar-refractivity contribution in [2.24, 2.45) is 0 Å². The van der Waals surface area contributed by atoms with Crippen LogP contribution in [0.1, 0.15) is 11.3 Å². The van der Waals surface area contributed by atoms with E-state index in [2.05, 4.69) is 25.4 Å². The molecule has 0 saturated heterocycles. The fraction of sp³-hybridized carbons (Fsp3) is 0.0800. The molecule has 13 heteroatoms. The summed E-state index contributed by atoms with van der Waals surface area (Å²) in [7, 11) is 0. The molecule has 0 atom stereocenters. The topological polar surface area (TPSA) is 95.7 Å². The summed E-state index contributed by atoms with van der Waals surface area (Å²) in [5, 5.41) is 11.5. The summed E-state index contributed by atoms with van der Waals surface area (Å²) in [6, 6.07) is 8.88. The number of rotatable bonds is 5. The Morgan fingerprint density at radius 2 is 1.71 bits per heavy atom. The molecule has 8 nitrogen and oxygen atoms in total. The van der Waals surface area contributed by atoms with E-state index in [0.717, 1.165) is 12.1 Å². The minimum absolute atomic E-state index is 0.00664. The van der Waals surface area contributed by atoms with Crippen molar-refractivity contribution in [2.75, 3.05) is 0 Å². The maximum Gasteiger partial charge on any atom is 0.417 e. The van der Waals surface area contributed by atoms with Gasteiger partial charge < -0.3 is 9.05 Å². The molecule has 4 aromatic rings. The lowest BCUT2D eigenvalue weighted by atomic mass is 9.98. The summed E-state index contributed by atoms with van der Waals surface area (Å²) >= 11 is 0. The number of imidazole rings is 1. The average Bonchev–Trinajstić information content (AvgIpc) is 3.66. The molecule has 0 fully saturated rings. The number of hydrogen-bond donors (Lipinski definition) is 0. The van der Waals surface area contributed by atoms with Crippen LogP contribution in [0.25, 0.3) is 45.2 Å². The zero-order valence-corrected chi connectivity index (χ0v) is 18.9. The van der Waals surface area contributed by atoms with Crippen molar-refractivity contribution in [1.29, 1.82) is 0 Å². The standard InChI is InChI=1S/C25H13F5N6O2/c26-19-3-1-2-17(23(19)27)24-33-21-9-31-36(11-22(21)34-24)10-15-7-20(35-38-15)16-5-4-13(14-8-32-37-12-14)6-18(16)25(28,29)30/h1-9,11-12H,10H2. The third kappa shape index (κ3) is 4.27. The number of halogens is 5. The largest absolute Gasteiger partial charge is 0.417 e. The molecule has 0 radical (unpaired) electrons. The molecule has 6 rings (SSSR count). The molecular formula is C25H13F5N6O2. The molecule has 0 saturated carbocycles. The second-order valence-corrected chi connectivity index (χ2v) is 8.24. The van der Waals surface area contributed by atoms with Gasteiger partial charge in [0.2, 0.25) is 0 Å². The third-order valence-electron chi connectivity index (χ3n) is 5.75. The lowest BCUT2D eigenvalue weighted by Gasteiger charge is -2.12. The molecule has 4 heterocycles. The van der Waals surface area contributed by atoms with Gasteiger partial charge >= 0.3 is 6.18 Å². The number of fused-ring (bicyclic) bond motifs is 1. The Morgan fingerprint density at radius 1 is 0.868 bits per heavy atom. The molecule has 0 spiro atoms. The van der Waals surface area contributed by atoms with E-state index in [1.165, 1.54) is 59.9 Å². The summed E-state index contributed by atoms with van der Waals surface area (Å²) in [5.41, 5.74) is 0.221. The highest BCUT2D eigenvalue weighted by Crippen LogP contribution is 2.39. The van der Waals surface area contributed by atoms with Crippen molar-refractivity contribution in [2.45, 2.75) is 12.7 Å². The van der Waals surface area contributed by atoms with Gasteiger partial charge in [0.1, 0.15) is 29.9 Å². The Labute approximate surface area is 209 Å². The Balaban J connectivity index is 1.29. The molecule has 0 unspecified atom stereocenters. The Kier molecular flexibility index (Phi) is 5.47. The van der Waals surface area contributed by atoms with Gasteiger partial charge in [-0.2, -0.15) is 18.3 Å². The zero-order valence-electron chi connectivity index (χ0n) is 18.9. The van der Waals surface area contributed by atoms with Crippen LogP contribution < -0.4 is 0 Å². The van der Waals surface area contributed by atoms with E-state index in [9.17, 15) is 22.0 Å². The number of alkyl halides is 3. The molecule has 0 N–H and O–H groups in total. The van der Waals surface area contributed by atoms with Crippen LogP contribution in [-0.2, 0) is 12.7 Å². The van der Waals surface area contributed by atoms with E-state index in [1.54, 1.807) is 0 Å². The van der Waals surface area contributed by atoms with Crippen molar-refractivity contribution in [3.8, 4) is 45.2 Å². The quantitative estimate of drug-likeness (QED) is 0.252. The van der Waals surface area contributed by atoms with E-state index in [-0.39, 0.29) is 40.5 Å². The van der Waals surface area contributed by atoms with E-state index >= 15 is 0 Å². The van der Waals surface area contributed by atoms with Gasteiger partial charge in [-0.05, 0) is 23.8 Å². The zero-order chi connectivity index (χ0) is 26.4. The van der Waals surface area contributed by atoms with Crippen LogP contribution in [0.4, 0.5) is 22.0 Å². The molecule has 2 aromatic heterocycles. The van der Waals surface area contributed by atoms with Gasteiger partial charge in [0, 0.05) is 17.2 Å². The Hall–Kier alpha value is -4.94. The van der Waals surface area contributed by atoms with Gasteiger partial charge in [0.05, 0.1) is 29.7 Å². The monoisotopic (exact) mass is 524 g/mol. The van der Waals surface area contributed by atoms with Crippen LogP contribution in [0, 0.1) is 11.6 Å². The van der Waals surface area contributed by atoms with E-state index in [1.807, 2.05) is 0 Å². The molecule has 190 valence electrons. The maximum atomic E-state index is 14.1. The van der Waals surface area contributed by atoms with Crippen LogP contribution in [0.5, 0.6) is 0 Å². The highest BCUT2D eigenvalue weighted by Gasteiger charge is 2.35. The molecule has 0 aliphatic carbocycles. The van der Waals surface area contributed by atoms with Crippen LogP contribution >= 0.6 is 0 Å². The van der Waals surface area contributed by atoms with Crippen LogP contribution in [0.3, 0.4) is 0 Å². The van der Waals surface area contributed by atoms with Crippen molar-refractivity contribution in [3.63, 3.8) is 0 Å². The summed E-state index contributed by atoms with van der Waals surface area (Å²) < 4.78 is 80.7. The highest BCUT2D eigenvalue weighted by atomic mass is 19.4. The van der Waals surface area contributed by atoms with Gasteiger partial charge in [-0.25, -0.2) is 18.7 Å². The number of aromatic nitrogens is 6. The molecule has 0 amide bonds. The first-order valence-corrected chi connectivity index (χ1v) is 11.0. The number of hydrogen-bond acceptors (Lipinski definition) is 7. The number of nitrogens with zero attached hydrogens (tertiary/aromatic N) is 6. The van der Waals surface area contributed by atoms with Crippen LogP contribution in [0.2, 0.25) is 0 Å². The van der Waals surface area contributed by atoms with Gasteiger partial charge in [-0.1, -0.05) is 28.5 Å². The predicted molar refractivity (Wildman–Crippen MR) is 121 cm³/mol. The number of benzene rings is 2. The van der Waals surface area contributed by atoms with Crippen molar-refractivity contribution >= 4 is 0 Å². The lowest BCUT2D eigenvalue weighted by Crippen LogP contribution is -2.07. The Bertz CT molecular complexity index is 1720. The van der Waals surface area contributed by atoms with Gasteiger partial charge in [0.15, 0.2) is 23.2 Å². The van der Waals surface area contributed by atoms with Crippen LogP contribution in [0.15, 0.2) is 76.4 Å². The second kappa shape index (κ2) is 8.87. The van der Waals surface area contributed by atoms with Gasteiger partial charge in [-0.15, -0.1) is 0 Å². The molecule has 2 aliphatic heterocycles.